The average molecular weight is 228 g/mol. The van der Waals surface area contributed by atoms with E-state index in [9.17, 15) is 0 Å². The molecule has 0 aliphatic rings. The fourth-order valence-electron chi connectivity index (χ4n) is 2.20. The van der Waals surface area contributed by atoms with Gasteiger partial charge in [-0.1, -0.05) is 30.3 Å². The number of rotatable bonds is 1. The Bertz CT molecular complexity index is 667. The summed E-state index contributed by atoms with van der Waals surface area (Å²) in [4.78, 5) is 1.26. The lowest BCUT2D eigenvalue weighted by Crippen LogP contribution is -1.75. The van der Waals surface area contributed by atoms with Crippen LogP contribution in [0.2, 0.25) is 0 Å². The van der Waals surface area contributed by atoms with Crippen LogP contribution in [0.15, 0.2) is 45.7 Å². The van der Waals surface area contributed by atoms with Crippen LogP contribution < -0.4 is 0 Å². The molecule has 0 fully saturated rings. The van der Waals surface area contributed by atoms with Gasteiger partial charge in [-0.25, -0.2) is 0 Å². The highest BCUT2D eigenvalue weighted by atomic mass is 32.2. The number of hydrogen-bond donors (Lipinski definition) is 0. The number of furan rings is 1. The molecule has 3 aromatic rings. The Morgan fingerprint density at radius 3 is 2.69 bits per heavy atom. The molecule has 0 aliphatic heterocycles. The minimum absolute atomic E-state index is 0.987. The van der Waals surface area contributed by atoms with Crippen LogP contribution in [0.1, 0.15) is 5.76 Å². The van der Waals surface area contributed by atoms with Gasteiger partial charge in [0.05, 0.1) is 4.90 Å². The molecule has 0 atom stereocenters. The van der Waals surface area contributed by atoms with Crippen LogP contribution in [0.25, 0.3) is 21.7 Å². The van der Waals surface area contributed by atoms with E-state index in [4.69, 9.17) is 4.42 Å². The van der Waals surface area contributed by atoms with E-state index >= 15 is 0 Å². The van der Waals surface area contributed by atoms with Gasteiger partial charge in [-0.3, -0.25) is 0 Å². The van der Waals surface area contributed by atoms with Crippen LogP contribution in [0.4, 0.5) is 0 Å². The largest absolute Gasteiger partial charge is 0.460 e. The molecule has 3 rings (SSSR count). The molecule has 16 heavy (non-hydrogen) atoms. The second-order valence-corrected chi connectivity index (χ2v) is 4.67. The van der Waals surface area contributed by atoms with Gasteiger partial charge in [0.2, 0.25) is 0 Å². The summed E-state index contributed by atoms with van der Waals surface area (Å²) in [6.07, 6.45) is 2.10. The molecule has 0 spiro atoms. The Hall–Kier alpha value is -1.41. The van der Waals surface area contributed by atoms with Crippen LogP contribution in [0, 0.1) is 6.92 Å². The lowest BCUT2D eigenvalue weighted by atomic mass is 10.1. The van der Waals surface area contributed by atoms with Crippen molar-refractivity contribution in [1.29, 1.82) is 0 Å². The molecule has 2 heteroatoms. The summed E-state index contributed by atoms with van der Waals surface area (Å²) in [6, 6.07) is 12.6. The molecular weight excluding hydrogens is 216 g/mol. The molecule has 1 heterocycles. The summed E-state index contributed by atoms with van der Waals surface area (Å²) in [5.41, 5.74) is 0.987. The Balaban J connectivity index is 2.57. The number of fused-ring (bicyclic) bond motifs is 3. The maximum absolute atomic E-state index is 5.78. The first-order valence-corrected chi connectivity index (χ1v) is 6.48. The number of benzene rings is 2. The molecule has 0 saturated heterocycles. The van der Waals surface area contributed by atoms with Crippen molar-refractivity contribution in [3.63, 3.8) is 0 Å². The number of aryl methyl sites for hydroxylation is 1. The quantitative estimate of drug-likeness (QED) is 0.564. The van der Waals surface area contributed by atoms with Crippen LogP contribution in [0.5, 0.6) is 0 Å². The van der Waals surface area contributed by atoms with E-state index in [2.05, 4.69) is 42.7 Å². The zero-order chi connectivity index (χ0) is 11.1. The zero-order valence-corrected chi connectivity index (χ0v) is 10.1. The van der Waals surface area contributed by atoms with Gasteiger partial charge in [0.15, 0.2) is 0 Å². The van der Waals surface area contributed by atoms with Gasteiger partial charge in [0.1, 0.15) is 11.3 Å². The van der Waals surface area contributed by atoms with Crippen LogP contribution in [-0.4, -0.2) is 6.26 Å². The summed E-state index contributed by atoms with van der Waals surface area (Å²) in [7, 11) is 0. The van der Waals surface area contributed by atoms with Crippen molar-refractivity contribution >= 4 is 33.5 Å². The van der Waals surface area contributed by atoms with E-state index in [0.29, 0.717) is 0 Å². The fourth-order valence-corrected chi connectivity index (χ4v) is 2.95. The second kappa shape index (κ2) is 3.56. The molecule has 80 valence electrons. The zero-order valence-electron chi connectivity index (χ0n) is 9.28. The predicted molar refractivity (Wildman–Crippen MR) is 70.2 cm³/mol. The molecule has 0 unspecified atom stereocenters. The smallest absolute Gasteiger partial charge is 0.136 e. The third-order valence-corrected chi connectivity index (χ3v) is 3.80. The molecule has 0 amide bonds. The fraction of sp³-hybridized carbons (Fsp3) is 0.143. The minimum atomic E-state index is 0.987. The van der Waals surface area contributed by atoms with Gasteiger partial charge in [0, 0.05) is 5.39 Å². The monoisotopic (exact) mass is 228 g/mol. The standard InChI is InChI=1S/C14H12OS/c1-9-14(16-2)13-11-6-4-3-5-10(11)7-8-12(13)15-9/h3-8H,1-2H3. The van der Waals surface area contributed by atoms with Crippen LogP contribution in [-0.2, 0) is 0 Å². The molecule has 2 aromatic carbocycles. The molecule has 0 aliphatic carbocycles. The summed E-state index contributed by atoms with van der Waals surface area (Å²) in [5.74, 6) is 1.01. The third-order valence-electron chi connectivity index (χ3n) is 2.90. The molecule has 1 nitrogen and oxygen atoms in total. The van der Waals surface area contributed by atoms with Crippen molar-refractivity contribution in [2.75, 3.05) is 6.26 Å². The van der Waals surface area contributed by atoms with Crippen molar-refractivity contribution in [1.82, 2.24) is 0 Å². The lowest BCUT2D eigenvalue weighted by molar-refractivity contribution is 0.568. The highest BCUT2D eigenvalue weighted by Gasteiger charge is 2.12. The first kappa shape index (κ1) is 9.79. The highest BCUT2D eigenvalue weighted by molar-refractivity contribution is 7.98. The third kappa shape index (κ3) is 1.26. The lowest BCUT2D eigenvalue weighted by Gasteiger charge is -1.99. The van der Waals surface area contributed by atoms with Gasteiger partial charge in [-0.05, 0) is 30.0 Å². The van der Waals surface area contributed by atoms with Crippen molar-refractivity contribution in [3.05, 3.63) is 42.2 Å². The average Bonchev–Trinajstić information content (AvgIpc) is 2.65. The molecule has 0 saturated carbocycles. The molecule has 1 aromatic heterocycles. The Morgan fingerprint density at radius 1 is 1.06 bits per heavy atom. The predicted octanol–water partition coefficient (Wildman–Crippen LogP) is 4.62. The summed E-state index contributed by atoms with van der Waals surface area (Å²) in [5, 5.41) is 3.80. The van der Waals surface area contributed by atoms with Crippen molar-refractivity contribution < 1.29 is 4.42 Å². The molecule has 0 bridgehead atoms. The molecule has 0 N–H and O–H groups in total. The second-order valence-electron chi connectivity index (χ2n) is 3.85. The van der Waals surface area contributed by atoms with E-state index in [0.717, 1.165) is 11.3 Å². The summed E-state index contributed by atoms with van der Waals surface area (Å²) in [6.45, 7) is 2.03. The molecular formula is C14H12OS. The Kier molecular flexibility index (Phi) is 2.18. The highest BCUT2D eigenvalue weighted by Crippen LogP contribution is 2.37. The van der Waals surface area contributed by atoms with E-state index in [1.54, 1.807) is 11.8 Å². The Labute approximate surface area is 98.4 Å². The van der Waals surface area contributed by atoms with Crippen molar-refractivity contribution in [2.24, 2.45) is 0 Å². The van der Waals surface area contributed by atoms with Gasteiger partial charge in [-0.15, -0.1) is 11.8 Å². The van der Waals surface area contributed by atoms with Crippen LogP contribution >= 0.6 is 11.8 Å². The first-order chi connectivity index (χ1) is 7.81. The summed E-state index contributed by atoms with van der Waals surface area (Å²) < 4.78 is 5.78. The number of hydrogen-bond acceptors (Lipinski definition) is 2. The SMILES string of the molecule is CSc1c(C)oc2ccc3ccccc3c12. The van der Waals surface area contributed by atoms with Gasteiger partial charge < -0.3 is 4.42 Å². The molecule has 0 radical (unpaired) electrons. The van der Waals surface area contributed by atoms with Crippen LogP contribution in [0.3, 0.4) is 0 Å². The van der Waals surface area contributed by atoms with Gasteiger partial charge in [-0.2, -0.15) is 0 Å². The normalized spacial score (nSPS) is 11.4. The number of thioether (sulfide) groups is 1. The van der Waals surface area contributed by atoms with E-state index in [1.165, 1.54) is 21.1 Å². The summed E-state index contributed by atoms with van der Waals surface area (Å²) >= 11 is 1.75. The van der Waals surface area contributed by atoms with Gasteiger partial charge >= 0.3 is 0 Å². The maximum Gasteiger partial charge on any atom is 0.136 e. The van der Waals surface area contributed by atoms with Crippen molar-refractivity contribution in [2.45, 2.75) is 11.8 Å². The van der Waals surface area contributed by atoms with E-state index in [-0.39, 0.29) is 0 Å². The van der Waals surface area contributed by atoms with E-state index in [1.807, 2.05) is 6.92 Å². The topological polar surface area (TPSA) is 13.1 Å². The van der Waals surface area contributed by atoms with Crippen molar-refractivity contribution in [3.8, 4) is 0 Å². The van der Waals surface area contributed by atoms with Gasteiger partial charge in [0.25, 0.3) is 0 Å². The first-order valence-electron chi connectivity index (χ1n) is 5.26. The minimum Gasteiger partial charge on any atom is -0.460 e. The Morgan fingerprint density at radius 2 is 1.88 bits per heavy atom. The van der Waals surface area contributed by atoms with E-state index < -0.39 is 0 Å². The maximum atomic E-state index is 5.78.